The van der Waals surface area contributed by atoms with E-state index in [4.69, 9.17) is 5.73 Å². The molecule has 1 amide bonds. The number of amides is 1. The second kappa shape index (κ2) is 5.73. The van der Waals surface area contributed by atoms with Crippen LogP contribution in [0.15, 0.2) is 16.6 Å². The molecule has 7 heteroatoms. The molecule has 1 aromatic carbocycles. The number of carbonyl (C=O) groups excluding carboxylic acids is 1. The maximum Gasteiger partial charge on any atom is 0.258 e. The molecule has 0 spiro atoms. The van der Waals surface area contributed by atoms with Crippen molar-refractivity contribution < 1.29 is 9.18 Å². The highest BCUT2D eigenvalue weighted by Crippen LogP contribution is 2.30. The summed E-state index contributed by atoms with van der Waals surface area (Å²) in [7, 11) is 0. The van der Waals surface area contributed by atoms with E-state index in [9.17, 15) is 9.18 Å². The van der Waals surface area contributed by atoms with Crippen molar-refractivity contribution in [1.29, 1.82) is 0 Å². The molecule has 0 fully saturated rings. The van der Waals surface area contributed by atoms with E-state index in [2.05, 4.69) is 26.2 Å². The molecular formula is C14H13BrFN3OS. The molecule has 4 nitrogen and oxygen atoms in total. The first-order valence-electron chi connectivity index (χ1n) is 6.59. The topological polar surface area (TPSA) is 68.0 Å². The van der Waals surface area contributed by atoms with Gasteiger partial charge >= 0.3 is 0 Å². The number of nitrogens with zero attached hydrogens (tertiary/aromatic N) is 1. The zero-order chi connectivity index (χ0) is 15.0. The van der Waals surface area contributed by atoms with E-state index in [1.165, 1.54) is 34.8 Å². The van der Waals surface area contributed by atoms with Crippen molar-refractivity contribution in [2.75, 3.05) is 11.1 Å². The van der Waals surface area contributed by atoms with Gasteiger partial charge in [-0.25, -0.2) is 9.37 Å². The van der Waals surface area contributed by atoms with Crippen LogP contribution in [-0.2, 0) is 12.8 Å². The zero-order valence-electron chi connectivity index (χ0n) is 11.1. The molecular weight excluding hydrogens is 357 g/mol. The smallest absolute Gasteiger partial charge is 0.258 e. The van der Waals surface area contributed by atoms with Gasteiger partial charge in [0.25, 0.3) is 5.91 Å². The largest absolute Gasteiger partial charge is 0.396 e. The lowest BCUT2D eigenvalue weighted by atomic mass is 10.0. The van der Waals surface area contributed by atoms with Crippen molar-refractivity contribution in [2.45, 2.75) is 25.7 Å². The molecule has 0 atom stereocenters. The third kappa shape index (κ3) is 2.94. The minimum absolute atomic E-state index is 0.0539. The SMILES string of the molecule is Nc1cc(C(=O)Nc2nc3c(s2)CCCC3)c(Br)cc1F. The van der Waals surface area contributed by atoms with Gasteiger partial charge in [-0.3, -0.25) is 10.1 Å². The Morgan fingerprint density at radius 1 is 1.38 bits per heavy atom. The Morgan fingerprint density at radius 3 is 2.90 bits per heavy atom. The number of halogens is 2. The van der Waals surface area contributed by atoms with E-state index < -0.39 is 5.82 Å². The maximum absolute atomic E-state index is 13.3. The number of fused-ring (bicyclic) bond motifs is 1. The maximum atomic E-state index is 13.3. The van der Waals surface area contributed by atoms with Gasteiger partial charge in [0.2, 0.25) is 0 Å². The van der Waals surface area contributed by atoms with Crippen LogP contribution >= 0.6 is 27.3 Å². The van der Waals surface area contributed by atoms with Crippen molar-refractivity contribution in [1.82, 2.24) is 4.98 Å². The molecule has 3 N–H and O–H groups in total. The van der Waals surface area contributed by atoms with E-state index in [1.807, 2.05) is 0 Å². The second-order valence-electron chi connectivity index (χ2n) is 4.90. The molecule has 0 unspecified atom stereocenters. The zero-order valence-corrected chi connectivity index (χ0v) is 13.5. The molecule has 1 aliphatic carbocycles. The molecule has 0 radical (unpaired) electrons. The van der Waals surface area contributed by atoms with Crippen molar-refractivity contribution in [3.8, 4) is 0 Å². The van der Waals surface area contributed by atoms with Crippen LogP contribution in [0.2, 0.25) is 0 Å². The predicted molar refractivity (Wildman–Crippen MR) is 85.2 cm³/mol. The molecule has 0 aliphatic heterocycles. The van der Waals surface area contributed by atoms with Gasteiger partial charge in [0.1, 0.15) is 5.82 Å². The fourth-order valence-corrected chi connectivity index (χ4v) is 3.85. The monoisotopic (exact) mass is 369 g/mol. The summed E-state index contributed by atoms with van der Waals surface area (Å²) >= 11 is 4.69. The third-order valence-corrected chi connectivity index (χ3v) is 5.13. The van der Waals surface area contributed by atoms with Crippen LogP contribution in [0.25, 0.3) is 0 Å². The summed E-state index contributed by atoms with van der Waals surface area (Å²) in [5.41, 5.74) is 6.83. The number of aromatic nitrogens is 1. The summed E-state index contributed by atoms with van der Waals surface area (Å²) < 4.78 is 13.7. The van der Waals surface area contributed by atoms with Crippen molar-refractivity contribution in [3.05, 3.63) is 38.6 Å². The van der Waals surface area contributed by atoms with Gasteiger partial charge in [-0.1, -0.05) is 0 Å². The van der Waals surface area contributed by atoms with Crippen LogP contribution in [0.3, 0.4) is 0 Å². The summed E-state index contributed by atoms with van der Waals surface area (Å²) in [6.45, 7) is 0. The van der Waals surface area contributed by atoms with Crippen LogP contribution in [0.1, 0.15) is 33.8 Å². The van der Waals surface area contributed by atoms with Crippen LogP contribution < -0.4 is 11.1 Å². The van der Waals surface area contributed by atoms with Gasteiger partial charge in [0.05, 0.1) is 16.9 Å². The second-order valence-corrected chi connectivity index (χ2v) is 6.84. The molecule has 1 aromatic heterocycles. The average molecular weight is 370 g/mol. The lowest BCUT2D eigenvalue weighted by Gasteiger charge is -2.06. The Labute approximate surface area is 133 Å². The Balaban J connectivity index is 1.83. The van der Waals surface area contributed by atoms with Crippen molar-refractivity contribution in [2.24, 2.45) is 0 Å². The van der Waals surface area contributed by atoms with Gasteiger partial charge in [-0.05, 0) is 53.7 Å². The van der Waals surface area contributed by atoms with Crippen LogP contribution in [0.4, 0.5) is 15.2 Å². The number of benzene rings is 1. The van der Waals surface area contributed by atoms with E-state index >= 15 is 0 Å². The quantitative estimate of drug-likeness (QED) is 0.791. The van der Waals surface area contributed by atoms with Crippen molar-refractivity contribution >= 4 is 44.0 Å². The molecule has 21 heavy (non-hydrogen) atoms. The van der Waals surface area contributed by atoms with Crippen LogP contribution in [0, 0.1) is 5.82 Å². The summed E-state index contributed by atoms with van der Waals surface area (Å²) in [5.74, 6) is -0.900. The summed E-state index contributed by atoms with van der Waals surface area (Å²) in [5, 5.41) is 3.35. The summed E-state index contributed by atoms with van der Waals surface area (Å²) in [4.78, 5) is 18.0. The standard InChI is InChI=1S/C14H13BrFN3OS/c15-8-6-9(16)10(17)5-7(8)13(20)19-14-18-11-3-1-2-4-12(11)21-14/h5-6H,1-4,17H2,(H,18,19,20). The van der Waals surface area contributed by atoms with E-state index in [-0.39, 0.29) is 11.6 Å². The Hall–Kier alpha value is -1.47. The highest BCUT2D eigenvalue weighted by molar-refractivity contribution is 9.10. The molecule has 1 heterocycles. The fraction of sp³-hybridized carbons (Fsp3) is 0.286. The van der Waals surface area contributed by atoms with Gasteiger partial charge in [0, 0.05) is 9.35 Å². The normalized spacial score (nSPS) is 13.8. The minimum atomic E-state index is -0.553. The van der Waals surface area contributed by atoms with Crippen LogP contribution in [0.5, 0.6) is 0 Å². The molecule has 0 saturated carbocycles. The molecule has 0 saturated heterocycles. The average Bonchev–Trinajstić information content (AvgIpc) is 2.84. The summed E-state index contributed by atoms with van der Waals surface area (Å²) in [6.07, 6.45) is 4.30. The number of nitrogen functional groups attached to an aromatic ring is 1. The van der Waals surface area contributed by atoms with Crippen molar-refractivity contribution in [3.63, 3.8) is 0 Å². The van der Waals surface area contributed by atoms with Gasteiger partial charge in [0.15, 0.2) is 5.13 Å². The van der Waals surface area contributed by atoms with Gasteiger partial charge in [-0.15, -0.1) is 11.3 Å². The number of anilines is 2. The first kappa shape index (κ1) is 14.5. The third-order valence-electron chi connectivity index (χ3n) is 3.40. The molecule has 110 valence electrons. The highest BCUT2D eigenvalue weighted by Gasteiger charge is 2.18. The number of carbonyl (C=O) groups is 1. The van der Waals surface area contributed by atoms with Gasteiger partial charge < -0.3 is 5.73 Å². The Bertz CT molecular complexity index is 693. The number of thiazole rings is 1. The molecule has 0 bridgehead atoms. The lowest BCUT2D eigenvalue weighted by Crippen LogP contribution is -2.13. The number of nitrogens with two attached hydrogens (primary N) is 1. The number of nitrogens with one attached hydrogen (secondary N) is 1. The molecule has 2 aromatic rings. The number of rotatable bonds is 2. The van der Waals surface area contributed by atoms with Crippen LogP contribution in [-0.4, -0.2) is 10.9 Å². The van der Waals surface area contributed by atoms with Gasteiger partial charge in [-0.2, -0.15) is 0 Å². The molecule has 3 rings (SSSR count). The Morgan fingerprint density at radius 2 is 2.14 bits per heavy atom. The van der Waals surface area contributed by atoms with E-state index in [0.29, 0.717) is 15.2 Å². The molecule has 1 aliphatic rings. The number of aryl methyl sites for hydroxylation is 2. The first-order chi connectivity index (χ1) is 10.0. The van der Waals surface area contributed by atoms with E-state index in [0.717, 1.165) is 25.0 Å². The predicted octanol–water partition coefficient (Wildman–Crippen LogP) is 3.76. The lowest BCUT2D eigenvalue weighted by molar-refractivity contribution is 0.102. The fourth-order valence-electron chi connectivity index (χ4n) is 2.31. The minimum Gasteiger partial charge on any atom is -0.396 e. The Kier molecular flexibility index (Phi) is 3.95. The van der Waals surface area contributed by atoms with E-state index in [1.54, 1.807) is 0 Å². The first-order valence-corrected chi connectivity index (χ1v) is 8.20. The summed E-state index contributed by atoms with van der Waals surface area (Å²) in [6, 6.07) is 2.51. The number of hydrogen-bond acceptors (Lipinski definition) is 4. The number of hydrogen-bond donors (Lipinski definition) is 2. The highest BCUT2D eigenvalue weighted by atomic mass is 79.9.